The Morgan fingerprint density at radius 2 is 2.07 bits per heavy atom. The number of halogens is 1. The molecule has 1 amide bonds. The average Bonchev–Trinajstić information content (AvgIpc) is 2.74. The Morgan fingerprint density at radius 1 is 1.28 bits per heavy atom. The van der Waals surface area contributed by atoms with Crippen molar-refractivity contribution >= 4 is 34.9 Å². The van der Waals surface area contributed by atoms with Crippen LogP contribution in [-0.2, 0) is 11.3 Å². The van der Waals surface area contributed by atoms with Crippen LogP contribution in [0, 0.1) is 11.7 Å². The zero-order chi connectivity index (χ0) is 20.4. The van der Waals surface area contributed by atoms with Gasteiger partial charge < -0.3 is 5.32 Å². The van der Waals surface area contributed by atoms with Crippen molar-refractivity contribution in [3.05, 3.63) is 59.4 Å². The van der Waals surface area contributed by atoms with Crippen LogP contribution in [0.2, 0.25) is 0 Å². The summed E-state index contributed by atoms with van der Waals surface area (Å²) >= 11 is 1.68. The first-order valence-corrected chi connectivity index (χ1v) is 10.8. The monoisotopic (exact) mass is 411 g/mol. The number of hydrogen-bond acceptors (Lipinski definition) is 5. The van der Waals surface area contributed by atoms with Gasteiger partial charge >= 0.3 is 0 Å². The third-order valence-electron chi connectivity index (χ3n) is 5.37. The highest BCUT2D eigenvalue weighted by Crippen LogP contribution is 2.33. The van der Waals surface area contributed by atoms with Gasteiger partial charge in [0.05, 0.1) is 12.5 Å². The molecule has 4 rings (SSSR count). The smallest absolute Gasteiger partial charge is 0.234 e. The van der Waals surface area contributed by atoms with Crippen LogP contribution >= 0.6 is 11.8 Å². The van der Waals surface area contributed by atoms with Gasteiger partial charge in [-0.1, -0.05) is 18.2 Å². The summed E-state index contributed by atoms with van der Waals surface area (Å²) in [5.41, 5.74) is 2.25. The number of thioether (sulfide) groups is 1. The van der Waals surface area contributed by atoms with E-state index in [1.165, 1.54) is 17.0 Å². The lowest BCUT2D eigenvalue weighted by Gasteiger charge is -2.34. The lowest BCUT2D eigenvalue weighted by molar-refractivity contribution is -0.122. The number of Topliss-reactive ketones (excluding diaryl/α,β-unsaturated/α-hetero) is 1. The van der Waals surface area contributed by atoms with E-state index < -0.39 is 11.7 Å². The van der Waals surface area contributed by atoms with Gasteiger partial charge in [-0.3, -0.25) is 19.5 Å². The fraction of sp³-hybridized carbons (Fsp3) is 0.318. The maximum atomic E-state index is 14.0. The minimum atomic E-state index is -0.464. The molecule has 5 nitrogen and oxygen atoms in total. The van der Waals surface area contributed by atoms with Crippen LogP contribution in [-0.4, -0.2) is 48.2 Å². The third kappa shape index (κ3) is 4.26. The van der Waals surface area contributed by atoms with Gasteiger partial charge in [-0.15, -0.1) is 11.8 Å². The van der Waals surface area contributed by atoms with Crippen molar-refractivity contribution in [1.82, 2.24) is 10.2 Å². The molecule has 2 aromatic rings. The summed E-state index contributed by atoms with van der Waals surface area (Å²) < 4.78 is 14.0. The summed E-state index contributed by atoms with van der Waals surface area (Å²) in [5.74, 6) is -1.04. The van der Waals surface area contributed by atoms with E-state index in [-0.39, 0.29) is 23.9 Å². The molecule has 2 aliphatic rings. The molecule has 0 spiro atoms. The summed E-state index contributed by atoms with van der Waals surface area (Å²) in [4.78, 5) is 32.8. The second kappa shape index (κ2) is 8.47. The van der Waals surface area contributed by atoms with Crippen LogP contribution in [0.4, 0.5) is 10.1 Å². The summed E-state index contributed by atoms with van der Waals surface area (Å²) in [6, 6.07) is 12.6. The fourth-order valence-corrected chi connectivity index (χ4v) is 4.18. The molecule has 7 heteroatoms. The van der Waals surface area contributed by atoms with E-state index in [4.69, 9.17) is 0 Å². The number of carbonyl (C=O) groups excluding carboxylic acids is 2. The first-order valence-electron chi connectivity index (χ1n) is 9.57. The Balaban J connectivity index is 1.35. The zero-order valence-corrected chi connectivity index (χ0v) is 17.0. The van der Waals surface area contributed by atoms with Crippen LogP contribution < -0.4 is 5.32 Å². The minimum absolute atomic E-state index is 0.0750. The van der Waals surface area contributed by atoms with Gasteiger partial charge in [-0.05, 0) is 42.5 Å². The number of ketones is 1. The van der Waals surface area contributed by atoms with E-state index in [1.807, 2.05) is 35.4 Å². The molecular weight excluding hydrogens is 389 g/mol. The number of amides is 1. The summed E-state index contributed by atoms with van der Waals surface area (Å²) in [5, 5.41) is 2.94. The van der Waals surface area contributed by atoms with Crippen LogP contribution in [0.1, 0.15) is 22.3 Å². The van der Waals surface area contributed by atoms with Gasteiger partial charge in [0.25, 0.3) is 0 Å². The predicted octanol–water partition coefficient (Wildman–Crippen LogP) is 3.45. The van der Waals surface area contributed by atoms with Crippen molar-refractivity contribution in [1.29, 1.82) is 0 Å². The quantitative estimate of drug-likeness (QED) is 0.766. The number of nitrogens with one attached hydrogen (secondary N) is 1. The lowest BCUT2D eigenvalue weighted by atomic mass is 9.85. The van der Waals surface area contributed by atoms with Crippen molar-refractivity contribution in [3.8, 4) is 0 Å². The second-order valence-corrected chi connectivity index (χ2v) is 8.15. The van der Waals surface area contributed by atoms with Crippen LogP contribution in [0.3, 0.4) is 0 Å². The molecule has 0 aliphatic carbocycles. The van der Waals surface area contributed by atoms with Gasteiger partial charge in [0.2, 0.25) is 5.91 Å². The van der Waals surface area contributed by atoms with E-state index in [1.54, 1.807) is 17.8 Å². The molecule has 2 aromatic carbocycles. The van der Waals surface area contributed by atoms with E-state index >= 15 is 0 Å². The van der Waals surface area contributed by atoms with Crippen LogP contribution in [0.15, 0.2) is 52.4 Å². The zero-order valence-electron chi connectivity index (χ0n) is 16.2. The number of para-hydroxylation sites is 1. The Bertz CT molecular complexity index is 975. The number of aliphatic imine (C=N–C) groups is 1. The molecule has 1 N–H and O–H groups in total. The number of piperidine rings is 1. The molecule has 2 heterocycles. The van der Waals surface area contributed by atoms with Crippen molar-refractivity contribution in [2.24, 2.45) is 10.9 Å². The van der Waals surface area contributed by atoms with Gasteiger partial charge in [-0.25, -0.2) is 4.39 Å². The topological polar surface area (TPSA) is 61.8 Å². The van der Waals surface area contributed by atoms with Gasteiger partial charge in [0, 0.05) is 35.8 Å². The normalized spacial score (nSPS) is 18.6. The molecule has 1 atom stereocenters. The first kappa shape index (κ1) is 19.8. The number of benzene rings is 2. The van der Waals surface area contributed by atoms with E-state index in [0.717, 1.165) is 11.3 Å². The molecular formula is C22H22FN3O2S. The Morgan fingerprint density at radius 3 is 2.83 bits per heavy atom. The maximum Gasteiger partial charge on any atom is 0.234 e. The van der Waals surface area contributed by atoms with Crippen molar-refractivity contribution < 1.29 is 14.0 Å². The molecule has 0 radical (unpaired) electrons. The molecule has 0 saturated carbocycles. The Hall–Kier alpha value is -2.51. The van der Waals surface area contributed by atoms with Crippen molar-refractivity contribution in [3.63, 3.8) is 0 Å². The number of fused-ring (bicyclic) bond motifs is 2. The molecule has 0 aromatic heterocycles. The Kier molecular flexibility index (Phi) is 5.78. The molecule has 2 aliphatic heterocycles. The van der Waals surface area contributed by atoms with E-state index in [2.05, 4.69) is 10.3 Å². The molecule has 29 heavy (non-hydrogen) atoms. The summed E-state index contributed by atoms with van der Waals surface area (Å²) in [6.07, 6.45) is 2.59. The molecule has 1 unspecified atom stereocenters. The van der Waals surface area contributed by atoms with Gasteiger partial charge in [0.1, 0.15) is 11.5 Å². The van der Waals surface area contributed by atoms with Gasteiger partial charge in [-0.2, -0.15) is 0 Å². The SMILES string of the molecule is CSc1ccc(CNC(=O)CN2CCC3=Nc4c(F)cccc4C(=O)C3C2)cc1. The molecule has 150 valence electrons. The highest BCUT2D eigenvalue weighted by Gasteiger charge is 2.37. The number of hydrogen-bond donors (Lipinski definition) is 1. The third-order valence-corrected chi connectivity index (χ3v) is 6.11. The Labute approximate surface area is 173 Å². The van der Waals surface area contributed by atoms with E-state index in [0.29, 0.717) is 31.6 Å². The average molecular weight is 412 g/mol. The van der Waals surface area contributed by atoms with Crippen molar-refractivity contribution in [2.75, 3.05) is 25.9 Å². The highest BCUT2D eigenvalue weighted by molar-refractivity contribution is 7.98. The van der Waals surface area contributed by atoms with Crippen LogP contribution in [0.5, 0.6) is 0 Å². The van der Waals surface area contributed by atoms with Crippen molar-refractivity contribution in [2.45, 2.75) is 17.9 Å². The summed E-state index contributed by atoms with van der Waals surface area (Å²) in [7, 11) is 0. The second-order valence-electron chi connectivity index (χ2n) is 7.27. The van der Waals surface area contributed by atoms with Crippen LogP contribution in [0.25, 0.3) is 0 Å². The van der Waals surface area contributed by atoms with E-state index in [9.17, 15) is 14.0 Å². The summed E-state index contributed by atoms with van der Waals surface area (Å²) in [6.45, 7) is 1.77. The van der Waals surface area contributed by atoms with Gasteiger partial charge in [0.15, 0.2) is 5.78 Å². The number of likely N-dealkylation sites (tertiary alicyclic amines) is 1. The number of nitrogens with zero attached hydrogens (tertiary/aromatic N) is 2. The standard InChI is InChI=1S/C22H22FN3O2S/c1-29-15-7-5-14(6-8-15)11-24-20(27)13-26-10-9-19-17(12-26)22(28)16-3-2-4-18(23)21(16)25-19/h2-8,17H,9-13H2,1H3,(H,24,27). The molecule has 1 fully saturated rings. The maximum absolute atomic E-state index is 14.0. The lowest BCUT2D eigenvalue weighted by Crippen LogP contribution is -2.48. The highest BCUT2D eigenvalue weighted by atomic mass is 32.2. The molecule has 0 bridgehead atoms. The largest absolute Gasteiger partial charge is 0.351 e. The number of carbonyl (C=O) groups is 2. The number of rotatable bonds is 5. The minimum Gasteiger partial charge on any atom is -0.351 e. The predicted molar refractivity (Wildman–Crippen MR) is 112 cm³/mol. The first-order chi connectivity index (χ1) is 14.0. The fourth-order valence-electron chi connectivity index (χ4n) is 3.78. The molecule has 1 saturated heterocycles.